The summed E-state index contributed by atoms with van der Waals surface area (Å²) in [6, 6.07) is 9.47. The summed E-state index contributed by atoms with van der Waals surface area (Å²) in [7, 11) is 1.57. The van der Waals surface area contributed by atoms with Crippen LogP contribution >= 0.6 is 27.3 Å². The molecule has 1 saturated heterocycles. The van der Waals surface area contributed by atoms with E-state index < -0.39 is 16.9 Å². The van der Waals surface area contributed by atoms with Crippen molar-refractivity contribution in [3.63, 3.8) is 0 Å². The van der Waals surface area contributed by atoms with Crippen LogP contribution in [0.3, 0.4) is 0 Å². The molecule has 2 aliphatic heterocycles. The molecule has 5 rings (SSSR count). The molecule has 0 aliphatic carbocycles. The number of fused-ring (bicyclic) bond motifs is 1. The van der Waals surface area contributed by atoms with Gasteiger partial charge < -0.3 is 14.4 Å². The van der Waals surface area contributed by atoms with E-state index in [1.54, 1.807) is 32.2 Å². The van der Waals surface area contributed by atoms with Gasteiger partial charge in [-0.05, 0) is 77.9 Å². The molecule has 3 heterocycles. The molecule has 0 spiro atoms. The lowest BCUT2D eigenvalue weighted by atomic mass is 9.94. The smallest absolute Gasteiger partial charge is 0.338 e. The number of rotatable bonds is 9. The second-order valence-corrected chi connectivity index (χ2v) is 12.8. The molecule has 0 saturated carbocycles. The van der Waals surface area contributed by atoms with E-state index in [-0.39, 0.29) is 17.9 Å². The summed E-state index contributed by atoms with van der Waals surface area (Å²) in [4.78, 5) is 46.5. The van der Waals surface area contributed by atoms with E-state index in [0.29, 0.717) is 54.3 Å². The van der Waals surface area contributed by atoms with Crippen LogP contribution in [0.1, 0.15) is 63.6 Å². The largest absolute Gasteiger partial charge is 0.496 e. The van der Waals surface area contributed by atoms with E-state index in [1.165, 1.54) is 28.0 Å². The average Bonchev–Trinajstić information content (AvgIpc) is 3.31. The number of non-ortho nitro benzene ring substituents is 1. The van der Waals surface area contributed by atoms with Gasteiger partial charge in [-0.25, -0.2) is 9.79 Å². The summed E-state index contributed by atoms with van der Waals surface area (Å²) in [5.74, 6) is 0.702. The number of carbonyl (C=O) groups is 1. The van der Waals surface area contributed by atoms with Crippen LogP contribution in [0, 0.1) is 16.0 Å². The van der Waals surface area contributed by atoms with E-state index in [9.17, 15) is 19.7 Å². The van der Waals surface area contributed by atoms with Gasteiger partial charge in [0.2, 0.25) is 0 Å². The molecule has 3 aromatic rings. The van der Waals surface area contributed by atoms with Gasteiger partial charge in [-0.15, -0.1) is 0 Å². The molecule has 1 aromatic heterocycles. The molecule has 0 N–H and O–H groups in total. The Hall–Kier alpha value is -3.77. The Kier molecular flexibility index (Phi) is 9.69. The number of ether oxygens (including phenoxy) is 2. The number of nitro groups is 1. The lowest BCUT2D eigenvalue weighted by Gasteiger charge is -2.33. The third-order valence-corrected chi connectivity index (χ3v) is 9.62. The molecule has 2 aliphatic rings. The van der Waals surface area contributed by atoms with E-state index in [2.05, 4.69) is 27.8 Å². The van der Waals surface area contributed by atoms with Gasteiger partial charge in [-0.2, -0.15) is 0 Å². The van der Waals surface area contributed by atoms with Gasteiger partial charge in [0.05, 0.1) is 45.0 Å². The zero-order chi connectivity index (χ0) is 31.5. The average molecular weight is 684 g/mol. The second kappa shape index (κ2) is 13.5. The molecule has 12 heteroatoms. The molecular weight excluding hydrogens is 648 g/mol. The highest BCUT2D eigenvalue weighted by atomic mass is 79.9. The zero-order valence-corrected chi connectivity index (χ0v) is 27.6. The van der Waals surface area contributed by atoms with Crippen molar-refractivity contribution in [2.45, 2.75) is 52.5 Å². The van der Waals surface area contributed by atoms with Crippen LogP contribution < -0.4 is 24.5 Å². The number of methoxy groups -OCH3 is 1. The molecular formula is C32H35BrN4O6S. The first-order valence-corrected chi connectivity index (χ1v) is 16.4. The number of hydrogen-bond acceptors (Lipinski definition) is 9. The number of allylic oxidation sites excluding steroid dienone is 1. The quantitative estimate of drug-likeness (QED) is 0.166. The van der Waals surface area contributed by atoms with Crippen LogP contribution in [-0.4, -0.2) is 42.3 Å². The molecule has 10 nitrogen and oxygen atoms in total. The van der Waals surface area contributed by atoms with Crippen LogP contribution in [0.15, 0.2) is 61.9 Å². The first-order valence-electron chi connectivity index (χ1n) is 14.8. The highest BCUT2D eigenvalue weighted by Gasteiger charge is 2.34. The molecule has 1 fully saturated rings. The maximum Gasteiger partial charge on any atom is 0.338 e. The highest BCUT2D eigenvalue weighted by Crippen LogP contribution is 2.36. The highest BCUT2D eigenvalue weighted by molar-refractivity contribution is 9.10. The van der Waals surface area contributed by atoms with Crippen molar-refractivity contribution in [3.8, 4) is 5.75 Å². The van der Waals surface area contributed by atoms with Crippen molar-refractivity contribution in [3.05, 3.63) is 93.1 Å². The summed E-state index contributed by atoms with van der Waals surface area (Å²) < 4.78 is 13.5. The zero-order valence-electron chi connectivity index (χ0n) is 25.2. The number of esters is 1. The number of halogens is 1. The van der Waals surface area contributed by atoms with E-state index in [0.717, 1.165) is 38.0 Å². The number of thiazole rings is 1. The number of piperidine rings is 1. The van der Waals surface area contributed by atoms with Gasteiger partial charge in [-0.3, -0.25) is 19.5 Å². The summed E-state index contributed by atoms with van der Waals surface area (Å²) in [5.41, 5.74) is 2.65. The molecule has 232 valence electrons. The van der Waals surface area contributed by atoms with E-state index >= 15 is 0 Å². The SMILES string of the molecule is CCCC1=C(C(=O)OCC)[C@H](c2ccc(OC)c(Br)c2)n2c(s/c(=C/c3cc([N+](=O)[O-])ccc3N3CCC(C)CC3)c2=O)=N1. The summed E-state index contributed by atoms with van der Waals surface area (Å²) >= 11 is 4.76. The number of hydrogen-bond donors (Lipinski definition) is 0. The molecule has 1 atom stereocenters. The number of carbonyl (C=O) groups excluding carboxylic acids is 1. The van der Waals surface area contributed by atoms with Crippen molar-refractivity contribution in [2.75, 3.05) is 31.7 Å². The summed E-state index contributed by atoms with van der Waals surface area (Å²) in [6.45, 7) is 7.81. The number of nitrogens with zero attached hydrogens (tertiary/aromatic N) is 4. The van der Waals surface area contributed by atoms with E-state index in [1.807, 2.05) is 19.1 Å². The van der Waals surface area contributed by atoms with Crippen LogP contribution in [0.25, 0.3) is 6.08 Å². The lowest BCUT2D eigenvalue weighted by Crippen LogP contribution is -2.40. The minimum absolute atomic E-state index is 0.0473. The minimum atomic E-state index is -0.788. The Morgan fingerprint density at radius 3 is 2.59 bits per heavy atom. The Morgan fingerprint density at radius 1 is 1.20 bits per heavy atom. The third kappa shape index (κ3) is 6.23. The van der Waals surface area contributed by atoms with Crippen molar-refractivity contribution < 1.29 is 19.2 Å². The third-order valence-electron chi connectivity index (χ3n) is 8.02. The normalized spacial score (nSPS) is 17.3. The maximum absolute atomic E-state index is 14.3. The Balaban J connectivity index is 1.74. The predicted molar refractivity (Wildman–Crippen MR) is 174 cm³/mol. The lowest BCUT2D eigenvalue weighted by molar-refractivity contribution is -0.384. The number of benzene rings is 2. The van der Waals surface area contributed by atoms with Crippen molar-refractivity contribution >= 4 is 50.7 Å². The molecule has 44 heavy (non-hydrogen) atoms. The summed E-state index contributed by atoms with van der Waals surface area (Å²) in [5, 5.41) is 11.7. The Labute approximate surface area is 267 Å². The number of nitro benzene ring substituents is 1. The van der Waals surface area contributed by atoms with Crippen molar-refractivity contribution in [1.29, 1.82) is 0 Å². The van der Waals surface area contributed by atoms with Crippen LogP contribution in [0.2, 0.25) is 0 Å². The standard InChI is InChI=1S/C32H35BrN4O6S/c1-5-7-24-28(31(39)43-6-2)29(20-8-11-26(42-4)23(33)17-20)36-30(38)27(44-32(36)34-24)18-21-16-22(37(40)41)9-10-25(21)35-14-12-19(3)13-15-35/h8-11,16-19,29H,5-7,12-15H2,1-4H3/b27-18+/t29-/m0/s1. The Bertz CT molecular complexity index is 1810. The fraction of sp³-hybridized carbons (Fsp3) is 0.406. The first-order chi connectivity index (χ1) is 21.2. The number of anilines is 1. The van der Waals surface area contributed by atoms with Crippen molar-refractivity contribution in [1.82, 2.24) is 4.57 Å². The topological polar surface area (TPSA) is 116 Å². The monoisotopic (exact) mass is 682 g/mol. The number of aromatic nitrogens is 1. The van der Waals surface area contributed by atoms with Gasteiger partial charge in [0, 0.05) is 36.5 Å². The van der Waals surface area contributed by atoms with Gasteiger partial charge in [-0.1, -0.05) is 37.7 Å². The van der Waals surface area contributed by atoms with Crippen LogP contribution in [0.4, 0.5) is 11.4 Å². The van der Waals surface area contributed by atoms with Gasteiger partial charge in [0.25, 0.3) is 11.2 Å². The van der Waals surface area contributed by atoms with Gasteiger partial charge in [0.15, 0.2) is 4.80 Å². The Morgan fingerprint density at radius 2 is 1.95 bits per heavy atom. The first kappa shape index (κ1) is 31.6. The van der Waals surface area contributed by atoms with Gasteiger partial charge in [0.1, 0.15) is 5.75 Å². The van der Waals surface area contributed by atoms with Crippen molar-refractivity contribution in [2.24, 2.45) is 10.9 Å². The minimum Gasteiger partial charge on any atom is -0.496 e. The molecule has 2 aromatic carbocycles. The fourth-order valence-electron chi connectivity index (χ4n) is 5.74. The molecule has 0 amide bonds. The fourth-order valence-corrected chi connectivity index (χ4v) is 7.31. The second-order valence-electron chi connectivity index (χ2n) is 11.0. The maximum atomic E-state index is 14.3. The van der Waals surface area contributed by atoms with Crippen LogP contribution in [-0.2, 0) is 9.53 Å². The predicted octanol–water partition coefficient (Wildman–Crippen LogP) is 5.49. The molecule has 0 unspecified atom stereocenters. The van der Waals surface area contributed by atoms with Crippen LogP contribution in [0.5, 0.6) is 5.75 Å². The molecule has 0 bridgehead atoms. The molecule has 0 radical (unpaired) electrons. The van der Waals surface area contributed by atoms with E-state index in [4.69, 9.17) is 14.5 Å². The summed E-state index contributed by atoms with van der Waals surface area (Å²) in [6.07, 6.45) is 5.02. The van der Waals surface area contributed by atoms with Gasteiger partial charge >= 0.3 is 5.97 Å².